The topological polar surface area (TPSA) is 35.6 Å². The molecule has 2 unspecified atom stereocenters. The van der Waals surface area contributed by atoms with Crippen molar-refractivity contribution in [2.24, 2.45) is 0 Å². The predicted octanol–water partition coefficient (Wildman–Crippen LogP) is 1.60. The summed E-state index contributed by atoms with van der Waals surface area (Å²) in [4.78, 5) is 16.2. The fraction of sp³-hybridized carbons (Fsp3) is 0.533. The summed E-state index contributed by atoms with van der Waals surface area (Å²) < 4.78 is 13.4. The Balaban J connectivity index is 2.21. The van der Waals surface area contributed by atoms with Gasteiger partial charge in [-0.3, -0.25) is 10.1 Å². The standard InChI is InChI=1S/C15H22FN3O/c1-4-13-15(20)19(9-8-18(2)3)14(17-13)11-6-5-7-12(16)10-11/h5-7,10,13-14,17H,4,8-9H2,1-3H3. The van der Waals surface area contributed by atoms with Crippen LogP contribution in [-0.2, 0) is 4.79 Å². The summed E-state index contributed by atoms with van der Waals surface area (Å²) in [5.41, 5.74) is 0.799. The quantitative estimate of drug-likeness (QED) is 0.889. The van der Waals surface area contributed by atoms with Crippen molar-refractivity contribution in [3.8, 4) is 0 Å². The molecule has 0 bridgehead atoms. The van der Waals surface area contributed by atoms with Crippen molar-refractivity contribution in [1.82, 2.24) is 15.1 Å². The van der Waals surface area contributed by atoms with Gasteiger partial charge in [-0.05, 0) is 38.2 Å². The first-order valence-electron chi connectivity index (χ1n) is 6.99. The molecule has 1 aromatic rings. The molecule has 1 saturated heterocycles. The average Bonchev–Trinajstić information content (AvgIpc) is 2.73. The third kappa shape index (κ3) is 3.16. The summed E-state index contributed by atoms with van der Waals surface area (Å²) >= 11 is 0. The smallest absolute Gasteiger partial charge is 0.241 e. The van der Waals surface area contributed by atoms with Crippen LogP contribution in [0.25, 0.3) is 0 Å². The zero-order valence-corrected chi connectivity index (χ0v) is 12.3. The number of nitrogens with one attached hydrogen (secondary N) is 1. The van der Waals surface area contributed by atoms with E-state index in [-0.39, 0.29) is 23.9 Å². The second-order valence-corrected chi connectivity index (χ2v) is 5.42. The van der Waals surface area contributed by atoms with Crippen LogP contribution < -0.4 is 5.32 Å². The van der Waals surface area contributed by atoms with E-state index in [9.17, 15) is 9.18 Å². The average molecular weight is 279 g/mol. The minimum atomic E-state index is -0.274. The van der Waals surface area contributed by atoms with Crippen molar-refractivity contribution in [1.29, 1.82) is 0 Å². The van der Waals surface area contributed by atoms with Crippen molar-refractivity contribution >= 4 is 5.91 Å². The first kappa shape index (κ1) is 14.9. The Morgan fingerprint density at radius 2 is 2.15 bits per heavy atom. The molecule has 1 aliphatic heterocycles. The molecule has 1 aromatic carbocycles. The third-order valence-corrected chi connectivity index (χ3v) is 3.61. The molecule has 0 aliphatic carbocycles. The Bertz CT molecular complexity index is 478. The molecule has 110 valence electrons. The Morgan fingerprint density at radius 1 is 1.40 bits per heavy atom. The minimum absolute atomic E-state index is 0.101. The molecule has 5 heteroatoms. The Hall–Kier alpha value is -1.46. The van der Waals surface area contributed by atoms with Gasteiger partial charge in [0, 0.05) is 13.1 Å². The molecule has 1 fully saturated rings. The highest BCUT2D eigenvalue weighted by atomic mass is 19.1. The molecule has 0 radical (unpaired) electrons. The van der Waals surface area contributed by atoms with Crippen LogP contribution in [0.1, 0.15) is 25.1 Å². The number of nitrogens with zero attached hydrogens (tertiary/aromatic N) is 2. The van der Waals surface area contributed by atoms with Crippen LogP contribution in [0.5, 0.6) is 0 Å². The molecular formula is C15H22FN3O. The molecule has 1 N–H and O–H groups in total. The van der Waals surface area contributed by atoms with Crippen molar-refractivity contribution in [3.63, 3.8) is 0 Å². The number of likely N-dealkylation sites (N-methyl/N-ethyl adjacent to an activating group) is 1. The predicted molar refractivity (Wildman–Crippen MR) is 76.6 cm³/mol. The monoisotopic (exact) mass is 279 g/mol. The van der Waals surface area contributed by atoms with E-state index < -0.39 is 0 Å². The van der Waals surface area contributed by atoms with Crippen LogP contribution >= 0.6 is 0 Å². The molecule has 2 atom stereocenters. The summed E-state index contributed by atoms with van der Waals surface area (Å²) in [6.07, 6.45) is 0.506. The summed E-state index contributed by atoms with van der Waals surface area (Å²) in [6, 6.07) is 6.27. The molecule has 2 rings (SSSR count). The summed E-state index contributed by atoms with van der Waals surface area (Å²) in [7, 11) is 3.95. The molecule has 4 nitrogen and oxygen atoms in total. The number of carbonyl (C=O) groups is 1. The van der Waals surface area contributed by atoms with Gasteiger partial charge in [-0.25, -0.2) is 4.39 Å². The highest BCUT2D eigenvalue weighted by Gasteiger charge is 2.38. The third-order valence-electron chi connectivity index (χ3n) is 3.61. The van der Waals surface area contributed by atoms with Crippen LogP contribution in [0.15, 0.2) is 24.3 Å². The van der Waals surface area contributed by atoms with Crippen LogP contribution in [0.3, 0.4) is 0 Å². The first-order valence-corrected chi connectivity index (χ1v) is 6.99. The lowest BCUT2D eigenvalue weighted by Gasteiger charge is -2.26. The molecule has 1 amide bonds. The number of rotatable bonds is 5. The zero-order valence-electron chi connectivity index (χ0n) is 12.3. The molecule has 0 saturated carbocycles. The second-order valence-electron chi connectivity index (χ2n) is 5.42. The van der Waals surface area contributed by atoms with Gasteiger partial charge in [-0.15, -0.1) is 0 Å². The summed E-state index contributed by atoms with van der Waals surface area (Å²) in [5, 5.41) is 3.30. The van der Waals surface area contributed by atoms with Crippen LogP contribution in [0.4, 0.5) is 4.39 Å². The molecule has 1 heterocycles. The Kier molecular flexibility index (Phi) is 4.73. The van der Waals surface area contributed by atoms with E-state index in [4.69, 9.17) is 0 Å². The van der Waals surface area contributed by atoms with Crippen molar-refractivity contribution in [3.05, 3.63) is 35.6 Å². The molecule has 0 spiro atoms. The second kappa shape index (κ2) is 6.33. The normalized spacial score (nSPS) is 22.9. The maximum absolute atomic E-state index is 13.4. The fourth-order valence-corrected chi connectivity index (χ4v) is 2.47. The Morgan fingerprint density at radius 3 is 2.75 bits per heavy atom. The Labute approximate surface area is 119 Å². The number of amides is 1. The van der Waals surface area contributed by atoms with Gasteiger partial charge in [0.05, 0.1) is 6.04 Å². The highest BCUT2D eigenvalue weighted by Crippen LogP contribution is 2.26. The van der Waals surface area contributed by atoms with Gasteiger partial charge < -0.3 is 9.80 Å². The fourth-order valence-electron chi connectivity index (χ4n) is 2.47. The lowest BCUT2D eigenvalue weighted by Crippen LogP contribution is -2.36. The van der Waals surface area contributed by atoms with Crippen molar-refractivity contribution < 1.29 is 9.18 Å². The lowest BCUT2D eigenvalue weighted by atomic mass is 10.1. The molecule has 20 heavy (non-hydrogen) atoms. The molecule has 1 aliphatic rings. The van der Waals surface area contributed by atoms with E-state index in [0.29, 0.717) is 6.54 Å². The van der Waals surface area contributed by atoms with Gasteiger partial charge in [0.2, 0.25) is 5.91 Å². The number of benzene rings is 1. The van der Waals surface area contributed by atoms with E-state index >= 15 is 0 Å². The largest absolute Gasteiger partial charge is 0.320 e. The number of hydrogen-bond donors (Lipinski definition) is 1. The first-order chi connectivity index (χ1) is 9.52. The van der Waals surface area contributed by atoms with Gasteiger partial charge in [-0.2, -0.15) is 0 Å². The lowest BCUT2D eigenvalue weighted by molar-refractivity contribution is -0.130. The van der Waals surface area contributed by atoms with E-state index in [0.717, 1.165) is 18.5 Å². The SMILES string of the molecule is CCC1NC(c2cccc(F)c2)N(CCN(C)C)C1=O. The summed E-state index contributed by atoms with van der Waals surface area (Å²) in [5.74, 6) is -0.173. The number of hydrogen-bond acceptors (Lipinski definition) is 3. The van der Waals surface area contributed by atoms with Gasteiger partial charge in [0.25, 0.3) is 0 Å². The molecular weight excluding hydrogens is 257 g/mol. The maximum Gasteiger partial charge on any atom is 0.241 e. The number of carbonyl (C=O) groups excluding carboxylic acids is 1. The van der Waals surface area contributed by atoms with E-state index in [2.05, 4.69) is 5.32 Å². The van der Waals surface area contributed by atoms with E-state index in [1.165, 1.54) is 12.1 Å². The van der Waals surface area contributed by atoms with Crippen molar-refractivity contribution in [2.45, 2.75) is 25.6 Å². The van der Waals surface area contributed by atoms with Crippen LogP contribution in [-0.4, -0.2) is 48.9 Å². The highest BCUT2D eigenvalue weighted by molar-refractivity contribution is 5.84. The minimum Gasteiger partial charge on any atom is -0.320 e. The van der Waals surface area contributed by atoms with Gasteiger partial charge in [0.15, 0.2) is 0 Å². The van der Waals surface area contributed by atoms with E-state index in [1.807, 2.05) is 36.9 Å². The zero-order chi connectivity index (χ0) is 14.7. The summed E-state index contributed by atoms with van der Waals surface area (Å²) in [6.45, 7) is 3.40. The molecule has 0 aromatic heterocycles. The van der Waals surface area contributed by atoms with Crippen LogP contribution in [0, 0.1) is 5.82 Å². The van der Waals surface area contributed by atoms with Gasteiger partial charge in [0.1, 0.15) is 12.0 Å². The maximum atomic E-state index is 13.4. The van der Waals surface area contributed by atoms with Gasteiger partial charge >= 0.3 is 0 Å². The van der Waals surface area contributed by atoms with Gasteiger partial charge in [-0.1, -0.05) is 19.1 Å². The number of halogens is 1. The van der Waals surface area contributed by atoms with Crippen LogP contribution in [0.2, 0.25) is 0 Å². The van der Waals surface area contributed by atoms with E-state index in [1.54, 1.807) is 6.07 Å². The van der Waals surface area contributed by atoms with Crippen molar-refractivity contribution in [2.75, 3.05) is 27.2 Å².